The molecule has 1 aromatic carbocycles. The summed E-state index contributed by atoms with van der Waals surface area (Å²) in [4.78, 5) is 44.8. The summed E-state index contributed by atoms with van der Waals surface area (Å²) in [6, 6.07) is 4.91. The summed E-state index contributed by atoms with van der Waals surface area (Å²) < 4.78 is 5.67. The van der Waals surface area contributed by atoms with E-state index in [9.17, 15) is 14.4 Å². The van der Waals surface area contributed by atoms with Crippen LogP contribution in [0.5, 0.6) is 0 Å². The highest BCUT2D eigenvalue weighted by molar-refractivity contribution is 6.42. The van der Waals surface area contributed by atoms with Gasteiger partial charge in [-0.3, -0.25) is 14.5 Å². The number of amides is 2. The molecule has 2 saturated carbocycles. The highest BCUT2D eigenvalue weighted by atomic mass is 35.5. The number of nitrogens with one attached hydrogen (secondary N) is 1. The lowest BCUT2D eigenvalue weighted by atomic mass is 9.78. The number of hydrogen-bond donors (Lipinski definition) is 1. The number of piperidine rings is 1. The first kappa shape index (κ1) is 26.8. The van der Waals surface area contributed by atoms with Crippen molar-refractivity contribution < 1.29 is 19.1 Å². The van der Waals surface area contributed by atoms with Crippen LogP contribution in [0.15, 0.2) is 18.2 Å². The predicted octanol–water partition coefficient (Wildman–Crippen LogP) is 5.04. The largest absolute Gasteiger partial charge is 0.449 e. The molecule has 5 rings (SSSR count). The van der Waals surface area contributed by atoms with Crippen molar-refractivity contribution in [2.75, 3.05) is 33.3 Å². The van der Waals surface area contributed by atoms with E-state index >= 15 is 0 Å². The zero-order chi connectivity index (χ0) is 26.4. The Hall–Kier alpha value is -1.83. The van der Waals surface area contributed by atoms with Gasteiger partial charge in [0.25, 0.3) is 5.91 Å². The van der Waals surface area contributed by atoms with Gasteiger partial charge in [0.2, 0.25) is 0 Å². The van der Waals surface area contributed by atoms with Crippen LogP contribution < -0.4 is 5.32 Å². The molecule has 202 valence electrons. The first-order chi connectivity index (χ1) is 17.7. The molecule has 37 heavy (non-hydrogen) atoms. The summed E-state index contributed by atoms with van der Waals surface area (Å²) in [6.07, 6.45) is 6.85. The summed E-state index contributed by atoms with van der Waals surface area (Å²) in [5.74, 6) is 0.208. The maximum Gasteiger partial charge on any atom is 0.410 e. The fourth-order valence-electron chi connectivity index (χ4n) is 6.05. The molecule has 1 unspecified atom stereocenters. The van der Waals surface area contributed by atoms with Gasteiger partial charge in [-0.15, -0.1) is 0 Å². The molecule has 0 aromatic heterocycles. The minimum absolute atomic E-state index is 0.155. The molecule has 2 aliphatic heterocycles. The number of halogens is 2. The van der Waals surface area contributed by atoms with Gasteiger partial charge >= 0.3 is 6.09 Å². The third-order valence-corrected chi connectivity index (χ3v) is 9.76. The molecule has 9 heteroatoms. The molecule has 4 aliphatic rings. The molecule has 2 saturated heterocycles. The Labute approximate surface area is 229 Å². The number of likely N-dealkylation sites (N-methyl/N-ethyl adjacent to an activating group) is 1. The number of Topliss-reactive ketones (excluding diaryl/α,β-unsaturated/α-hetero) is 1. The number of carbonyl (C=O) groups is 3. The van der Waals surface area contributed by atoms with E-state index in [-0.39, 0.29) is 29.6 Å². The molecule has 3 atom stereocenters. The van der Waals surface area contributed by atoms with Crippen LogP contribution in [0.2, 0.25) is 10.0 Å². The van der Waals surface area contributed by atoms with Gasteiger partial charge in [-0.05, 0) is 62.1 Å². The van der Waals surface area contributed by atoms with E-state index in [4.69, 9.17) is 27.9 Å². The van der Waals surface area contributed by atoms with Gasteiger partial charge in [0.05, 0.1) is 22.7 Å². The highest BCUT2D eigenvalue weighted by Crippen LogP contribution is 2.49. The topological polar surface area (TPSA) is 79.0 Å². The highest BCUT2D eigenvalue weighted by Gasteiger charge is 2.59. The molecule has 2 heterocycles. The number of rotatable bonds is 8. The molecule has 0 spiro atoms. The molecule has 1 N–H and O–H groups in total. The minimum Gasteiger partial charge on any atom is -0.449 e. The second-order valence-electron chi connectivity index (χ2n) is 11.6. The Bertz CT molecular complexity index is 1070. The smallest absolute Gasteiger partial charge is 0.410 e. The quantitative estimate of drug-likeness (QED) is 0.491. The van der Waals surface area contributed by atoms with Gasteiger partial charge in [0.1, 0.15) is 5.54 Å². The van der Waals surface area contributed by atoms with Gasteiger partial charge < -0.3 is 15.0 Å². The van der Waals surface area contributed by atoms with Crippen molar-refractivity contribution in [3.63, 3.8) is 0 Å². The monoisotopic (exact) mass is 549 g/mol. The van der Waals surface area contributed by atoms with Crippen LogP contribution in [0, 0.1) is 11.3 Å². The normalized spacial score (nSPS) is 28.6. The number of likely N-dealkylation sites (tertiary alicyclic amines) is 1. The van der Waals surface area contributed by atoms with E-state index < -0.39 is 17.7 Å². The van der Waals surface area contributed by atoms with Crippen LogP contribution in [0.4, 0.5) is 4.79 Å². The Morgan fingerprint density at radius 3 is 2.57 bits per heavy atom. The molecule has 0 radical (unpaired) electrons. The zero-order valence-corrected chi connectivity index (χ0v) is 23.2. The molecular formula is C28H37Cl2N3O4. The van der Waals surface area contributed by atoms with E-state index in [1.54, 1.807) is 24.1 Å². The first-order valence-corrected chi connectivity index (χ1v) is 14.3. The molecule has 7 nitrogen and oxygen atoms in total. The summed E-state index contributed by atoms with van der Waals surface area (Å²) in [5, 5.41) is 4.19. The molecular weight excluding hydrogens is 513 g/mol. The summed E-state index contributed by atoms with van der Waals surface area (Å²) >= 11 is 12.6. The lowest BCUT2D eigenvalue weighted by Crippen LogP contribution is -2.66. The van der Waals surface area contributed by atoms with E-state index in [0.717, 1.165) is 37.7 Å². The molecule has 1 aromatic rings. The van der Waals surface area contributed by atoms with Crippen molar-refractivity contribution in [2.24, 2.45) is 11.3 Å². The van der Waals surface area contributed by atoms with Crippen LogP contribution in [0.3, 0.4) is 0 Å². The standard InChI is InChI=1S/C28H37Cl2N3O4/c1-27(11-12-27)24(34)23-5-3-4-13-33(23)25(35)28(32(2)26(36)37-14-10-18-6-7-18)17-31-16-20(28)19-8-9-21(29)22(30)15-19/h8-9,15,18,20,23,31H,3-7,10-14,16-17H2,1-2H3/t20-,23?,28+/m1/s1. The van der Waals surface area contributed by atoms with E-state index in [0.29, 0.717) is 42.1 Å². The second-order valence-corrected chi connectivity index (χ2v) is 12.4. The van der Waals surface area contributed by atoms with E-state index in [1.807, 2.05) is 13.0 Å². The summed E-state index contributed by atoms with van der Waals surface area (Å²) in [5.41, 5.74) is -0.772. The van der Waals surface area contributed by atoms with Crippen LogP contribution in [-0.2, 0) is 14.3 Å². The van der Waals surface area contributed by atoms with Gasteiger partial charge in [0.15, 0.2) is 5.78 Å². The van der Waals surface area contributed by atoms with Crippen LogP contribution in [0.25, 0.3) is 0 Å². The second kappa shape index (κ2) is 10.4. The number of nitrogens with zero attached hydrogens (tertiary/aromatic N) is 2. The summed E-state index contributed by atoms with van der Waals surface area (Å²) in [7, 11) is 1.65. The Balaban J connectivity index is 1.49. The number of carbonyl (C=O) groups excluding carboxylic acids is 3. The third-order valence-electron chi connectivity index (χ3n) is 9.02. The Kier molecular flexibility index (Phi) is 7.51. The lowest BCUT2D eigenvalue weighted by Gasteiger charge is -2.46. The SMILES string of the molecule is CN(C(=O)OCCC1CC1)[C@@]1(C(=O)N2CCCCC2C(=O)C2(C)CC2)CNC[C@@H]1c1ccc(Cl)c(Cl)c1. The Morgan fingerprint density at radius 1 is 1.14 bits per heavy atom. The van der Waals surface area contributed by atoms with Crippen LogP contribution in [0.1, 0.15) is 69.8 Å². The maximum absolute atomic E-state index is 14.7. The van der Waals surface area contributed by atoms with Gasteiger partial charge in [-0.2, -0.15) is 0 Å². The minimum atomic E-state index is -1.26. The Morgan fingerprint density at radius 2 is 1.89 bits per heavy atom. The van der Waals surface area contributed by atoms with Crippen molar-refractivity contribution in [3.8, 4) is 0 Å². The van der Waals surface area contributed by atoms with Gasteiger partial charge in [-0.1, -0.05) is 49.0 Å². The number of ether oxygens (including phenoxy) is 1. The average Bonchev–Trinajstić information content (AvgIpc) is 3.83. The van der Waals surface area contributed by atoms with Gasteiger partial charge in [-0.25, -0.2) is 4.79 Å². The van der Waals surface area contributed by atoms with E-state index in [1.165, 1.54) is 17.7 Å². The maximum atomic E-state index is 14.7. The number of benzene rings is 1. The number of hydrogen-bond acceptors (Lipinski definition) is 5. The van der Waals surface area contributed by atoms with Crippen LogP contribution in [-0.4, -0.2) is 72.5 Å². The van der Waals surface area contributed by atoms with Gasteiger partial charge in [0, 0.05) is 38.0 Å². The van der Waals surface area contributed by atoms with Crippen LogP contribution >= 0.6 is 23.2 Å². The van der Waals surface area contributed by atoms with Crippen molar-refractivity contribution in [2.45, 2.75) is 75.8 Å². The lowest BCUT2D eigenvalue weighted by molar-refractivity contribution is -0.152. The van der Waals surface area contributed by atoms with Crippen molar-refractivity contribution in [1.29, 1.82) is 0 Å². The molecule has 2 aliphatic carbocycles. The van der Waals surface area contributed by atoms with E-state index in [2.05, 4.69) is 5.32 Å². The third kappa shape index (κ3) is 5.11. The number of ketones is 1. The molecule has 0 bridgehead atoms. The predicted molar refractivity (Wildman–Crippen MR) is 143 cm³/mol. The molecule has 4 fully saturated rings. The average molecular weight is 551 g/mol. The fraction of sp³-hybridized carbons (Fsp3) is 0.679. The van der Waals surface area contributed by atoms with Crippen molar-refractivity contribution >= 4 is 41.0 Å². The van der Waals surface area contributed by atoms with Crippen molar-refractivity contribution in [1.82, 2.24) is 15.1 Å². The van der Waals surface area contributed by atoms with Crippen molar-refractivity contribution in [3.05, 3.63) is 33.8 Å². The molecule has 2 amide bonds. The summed E-state index contributed by atoms with van der Waals surface area (Å²) in [6.45, 7) is 3.59. The zero-order valence-electron chi connectivity index (χ0n) is 21.7. The first-order valence-electron chi connectivity index (χ1n) is 13.6. The fourth-order valence-corrected chi connectivity index (χ4v) is 6.36.